The third-order valence-corrected chi connectivity index (χ3v) is 3.14. The van der Waals surface area contributed by atoms with Gasteiger partial charge in [-0.25, -0.2) is 9.07 Å². The van der Waals surface area contributed by atoms with E-state index >= 15 is 0 Å². The predicted octanol–water partition coefficient (Wildman–Crippen LogP) is 3.63. The second-order valence-electron chi connectivity index (χ2n) is 4.65. The third-order valence-electron chi connectivity index (χ3n) is 3.14. The lowest BCUT2D eigenvalue weighted by Gasteiger charge is -2.05. The van der Waals surface area contributed by atoms with E-state index in [4.69, 9.17) is 4.74 Å². The highest BCUT2D eigenvalue weighted by Gasteiger charge is 2.22. The first-order chi connectivity index (χ1) is 11.0. The maximum Gasteiger partial charge on any atom is 0.255 e. The van der Waals surface area contributed by atoms with Gasteiger partial charge in [0, 0.05) is 13.2 Å². The number of hydrogen-bond acceptors (Lipinski definition) is 3. The smallest absolute Gasteiger partial charge is 0.255 e. The largest absolute Gasteiger partial charge is 0.504 e. The summed E-state index contributed by atoms with van der Waals surface area (Å²) in [5.74, 6) is -0.607. The Kier molecular flexibility index (Phi) is 6.99. The van der Waals surface area contributed by atoms with Crippen molar-refractivity contribution in [1.29, 1.82) is 0 Å². The Labute approximate surface area is 135 Å². The van der Waals surface area contributed by atoms with Crippen molar-refractivity contribution >= 4 is 23.8 Å². The maximum atomic E-state index is 13.0. The van der Waals surface area contributed by atoms with Crippen molar-refractivity contribution in [3.63, 3.8) is 0 Å². The van der Waals surface area contributed by atoms with Crippen LogP contribution in [0.1, 0.15) is 42.0 Å². The fourth-order valence-electron chi connectivity index (χ4n) is 2.03. The summed E-state index contributed by atoms with van der Waals surface area (Å²) >= 11 is 0. The van der Waals surface area contributed by atoms with Gasteiger partial charge in [-0.1, -0.05) is 19.6 Å². The van der Waals surface area contributed by atoms with Crippen LogP contribution in [0.3, 0.4) is 0 Å². The Morgan fingerprint density at radius 1 is 1.48 bits per heavy atom. The highest BCUT2D eigenvalue weighted by molar-refractivity contribution is 6.01. The summed E-state index contributed by atoms with van der Waals surface area (Å²) in [4.78, 5) is 12.3. The van der Waals surface area contributed by atoms with Crippen LogP contribution in [-0.2, 0) is 4.74 Å². The molecule has 0 unspecified atom stereocenters. The molecule has 124 valence electrons. The number of allylic oxidation sites excluding steroid dienone is 4. The first-order valence-corrected chi connectivity index (χ1v) is 7.19. The standard InChI is InChI=1S/C17H22FN3O2/c1-6-13(9-8-12(3)18)16-15(17(22)19-4)14(10-11-23-5)21(7-2)20-16/h7-11H,2,6H2,1,3-5H3,(H,19,22)/b11-10+,12-8+,13-9+. The number of nitrogens with one attached hydrogen (secondary N) is 1. The van der Waals surface area contributed by atoms with Gasteiger partial charge in [0.1, 0.15) is 5.69 Å². The summed E-state index contributed by atoms with van der Waals surface area (Å²) in [6.45, 7) is 6.98. The van der Waals surface area contributed by atoms with E-state index in [1.165, 1.54) is 37.3 Å². The van der Waals surface area contributed by atoms with Crippen molar-refractivity contribution in [2.45, 2.75) is 20.3 Å². The highest BCUT2D eigenvalue weighted by atomic mass is 19.1. The van der Waals surface area contributed by atoms with Gasteiger partial charge in [-0.2, -0.15) is 5.10 Å². The average molecular weight is 319 g/mol. The summed E-state index contributed by atoms with van der Waals surface area (Å²) in [6, 6.07) is 0. The van der Waals surface area contributed by atoms with Crippen molar-refractivity contribution in [3.05, 3.63) is 47.8 Å². The number of carbonyl (C=O) groups excluding carboxylic acids is 1. The predicted molar refractivity (Wildman–Crippen MR) is 91.2 cm³/mol. The first kappa shape index (κ1) is 18.4. The second kappa shape index (κ2) is 8.73. The number of hydrogen-bond donors (Lipinski definition) is 1. The molecule has 0 radical (unpaired) electrons. The molecule has 1 amide bonds. The van der Waals surface area contributed by atoms with Crippen LogP contribution in [0.5, 0.6) is 0 Å². The molecule has 0 fully saturated rings. The minimum absolute atomic E-state index is 0.288. The van der Waals surface area contributed by atoms with Gasteiger partial charge in [-0.3, -0.25) is 4.79 Å². The van der Waals surface area contributed by atoms with Crippen molar-refractivity contribution in [3.8, 4) is 0 Å². The normalized spacial score (nSPS) is 12.6. The van der Waals surface area contributed by atoms with E-state index in [9.17, 15) is 9.18 Å². The van der Waals surface area contributed by atoms with E-state index in [0.29, 0.717) is 23.4 Å². The number of rotatable bonds is 7. The van der Waals surface area contributed by atoms with E-state index < -0.39 is 0 Å². The minimum atomic E-state index is -0.319. The molecule has 0 aliphatic carbocycles. The van der Waals surface area contributed by atoms with E-state index in [2.05, 4.69) is 17.0 Å². The van der Waals surface area contributed by atoms with Crippen LogP contribution in [-0.4, -0.2) is 29.8 Å². The van der Waals surface area contributed by atoms with Crippen LogP contribution in [0.15, 0.2) is 30.8 Å². The summed E-state index contributed by atoms with van der Waals surface area (Å²) in [7, 11) is 3.06. The van der Waals surface area contributed by atoms with Crippen LogP contribution < -0.4 is 5.32 Å². The molecule has 0 spiro atoms. The fourth-order valence-corrected chi connectivity index (χ4v) is 2.03. The average Bonchev–Trinajstić information content (AvgIpc) is 2.90. The number of nitrogens with zero attached hydrogens (tertiary/aromatic N) is 2. The monoisotopic (exact) mass is 319 g/mol. The van der Waals surface area contributed by atoms with Gasteiger partial charge < -0.3 is 10.1 Å². The Hall–Kier alpha value is -2.63. The van der Waals surface area contributed by atoms with E-state index in [0.717, 1.165) is 5.57 Å². The van der Waals surface area contributed by atoms with Crippen LogP contribution in [0.2, 0.25) is 0 Å². The first-order valence-electron chi connectivity index (χ1n) is 7.19. The summed E-state index contributed by atoms with van der Waals surface area (Å²) in [6.07, 6.45) is 8.15. The second-order valence-corrected chi connectivity index (χ2v) is 4.65. The topological polar surface area (TPSA) is 56.2 Å². The number of methoxy groups -OCH3 is 1. The fraction of sp³-hybridized carbons (Fsp3) is 0.294. The number of ether oxygens (including phenoxy) is 1. The minimum Gasteiger partial charge on any atom is -0.504 e. The lowest BCUT2D eigenvalue weighted by Crippen LogP contribution is -2.20. The summed E-state index contributed by atoms with van der Waals surface area (Å²) < 4.78 is 19.4. The van der Waals surface area contributed by atoms with Gasteiger partial charge in [-0.05, 0) is 31.1 Å². The molecule has 1 aromatic rings. The Bertz CT molecular complexity index is 666. The molecular weight excluding hydrogens is 297 g/mol. The molecule has 0 aliphatic rings. The molecule has 1 heterocycles. The molecule has 0 bridgehead atoms. The van der Waals surface area contributed by atoms with Crippen molar-refractivity contribution in [2.75, 3.05) is 14.2 Å². The Morgan fingerprint density at radius 2 is 2.17 bits per heavy atom. The van der Waals surface area contributed by atoms with Gasteiger partial charge in [0.25, 0.3) is 5.91 Å². The number of halogens is 1. The summed E-state index contributed by atoms with van der Waals surface area (Å²) in [5, 5.41) is 7.01. The molecule has 23 heavy (non-hydrogen) atoms. The molecule has 6 heteroatoms. The molecule has 5 nitrogen and oxygen atoms in total. The zero-order chi connectivity index (χ0) is 17.4. The quantitative estimate of drug-likeness (QED) is 0.617. The molecule has 1 aromatic heterocycles. The van der Waals surface area contributed by atoms with Crippen LogP contribution in [0.4, 0.5) is 4.39 Å². The van der Waals surface area contributed by atoms with Crippen LogP contribution in [0, 0.1) is 0 Å². The molecule has 1 rings (SSSR count). The van der Waals surface area contributed by atoms with Gasteiger partial charge in [0.15, 0.2) is 0 Å². The zero-order valence-electron chi connectivity index (χ0n) is 13.9. The number of amides is 1. The SMILES string of the molecule is C=Cn1nc(/C(=C/C=C(\C)F)CC)c(C(=O)NC)c1/C=C/OC. The van der Waals surface area contributed by atoms with Crippen LogP contribution >= 0.6 is 0 Å². The van der Waals surface area contributed by atoms with Gasteiger partial charge >= 0.3 is 0 Å². The number of carbonyl (C=O) groups is 1. The molecule has 0 saturated carbocycles. The van der Waals surface area contributed by atoms with E-state index in [1.54, 1.807) is 19.2 Å². The van der Waals surface area contributed by atoms with Gasteiger partial charge in [0.05, 0.1) is 30.5 Å². The maximum absolute atomic E-state index is 13.0. The van der Waals surface area contributed by atoms with Gasteiger partial charge in [0.2, 0.25) is 0 Å². The molecule has 0 saturated heterocycles. The van der Waals surface area contributed by atoms with Crippen molar-refractivity contribution in [2.24, 2.45) is 0 Å². The van der Waals surface area contributed by atoms with Crippen molar-refractivity contribution < 1.29 is 13.9 Å². The van der Waals surface area contributed by atoms with Crippen molar-refractivity contribution in [1.82, 2.24) is 15.1 Å². The Balaban J connectivity index is 3.64. The molecule has 0 atom stereocenters. The summed E-state index contributed by atoms with van der Waals surface area (Å²) in [5.41, 5.74) is 2.16. The zero-order valence-corrected chi connectivity index (χ0v) is 13.9. The van der Waals surface area contributed by atoms with E-state index in [-0.39, 0.29) is 11.7 Å². The lowest BCUT2D eigenvalue weighted by molar-refractivity contribution is 0.0962. The molecule has 1 N–H and O–H groups in total. The van der Waals surface area contributed by atoms with E-state index in [1.807, 2.05) is 6.92 Å². The Morgan fingerprint density at radius 3 is 2.65 bits per heavy atom. The highest BCUT2D eigenvalue weighted by Crippen LogP contribution is 2.26. The molecule has 0 aromatic carbocycles. The third kappa shape index (κ3) is 4.42. The molecular formula is C17H22FN3O2. The van der Waals surface area contributed by atoms with Crippen LogP contribution in [0.25, 0.3) is 17.8 Å². The number of aromatic nitrogens is 2. The van der Waals surface area contributed by atoms with Gasteiger partial charge in [-0.15, -0.1) is 0 Å². The lowest BCUT2D eigenvalue weighted by atomic mass is 10.0. The molecule has 0 aliphatic heterocycles.